The number of ether oxygens (including phenoxy) is 1. The maximum Gasteiger partial charge on any atom is 0.180 e. The molecule has 0 radical (unpaired) electrons. The number of nitrogens with zero attached hydrogens (tertiary/aromatic N) is 3. The number of benzene rings is 1. The van der Waals surface area contributed by atoms with Crippen molar-refractivity contribution in [2.45, 2.75) is 31.4 Å². The number of hydrogen-bond acceptors (Lipinski definition) is 6. The van der Waals surface area contributed by atoms with Crippen molar-refractivity contribution in [2.24, 2.45) is 0 Å². The lowest BCUT2D eigenvalue weighted by Gasteiger charge is -2.24. The second-order valence-corrected chi connectivity index (χ2v) is 7.35. The lowest BCUT2D eigenvalue weighted by atomic mass is 10.1. The van der Waals surface area contributed by atoms with Gasteiger partial charge in [0.05, 0.1) is 17.3 Å². The SMILES string of the molecule is CC1(Oc2ccc3[nH]nc(-c4nccc(C5CNCCN5)n4)c3c2)CC1. The van der Waals surface area contributed by atoms with Crippen molar-refractivity contribution < 1.29 is 4.74 Å². The molecule has 2 aromatic heterocycles. The Kier molecular flexibility index (Phi) is 3.65. The van der Waals surface area contributed by atoms with Crippen molar-refractivity contribution in [1.29, 1.82) is 0 Å². The largest absolute Gasteiger partial charge is 0.488 e. The van der Waals surface area contributed by atoms with Gasteiger partial charge in [-0.05, 0) is 44.0 Å². The molecule has 1 saturated carbocycles. The average molecular weight is 350 g/mol. The monoisotopic (exact) mass is 350 g/mol. The molecule has 1 aliphatic carbocycles. The van der Waals surface area contributed by atoms with E-state index in [-0.39, 0.29) is 11.6 Å². The Balaban J connectivity index is 1.50. The van der Waals surface area contributed by atoms with Crippen LogP contribution in [0.2, 0.25) is 0 Å². The first-order chi connectivity index (χ1) is 12.7. The Morgan fingerprint density at radius 2 is 2.12 bits per heavy atom. The fourth-order valence-electron chi connectivity index (χ4n) is 3.33. The molecule has 134 valence electrons. The van der Waals surface area contributed by atoms with Crippen LogP contribution in [0.5, 0.6) is 5.75 Å². The fourth-order valence-corrected chi connectivity index (χ4v) is 3.33. The van der Waals surface area contributed by atoms with Gasteiger partial charge in [-0.15, -0.1) is 0 Å². The van der Waals surface area contributed by atoms with Crippen molar-refractivity contribution in [3.05, 3.63) is 36.2 Å². The number of aromatic amines is 1. The summed E-state index contributed by atoms with van der Waals surface area (Å²) in [4.78, 5) is 9.23. The van der Waals surface area contributed by atoms with E-state index < -0.39 is 0 Å². The highest BCUT2D eigenvalue weighted by Gasteiger charge is 2.40. The number of fused-ring (bicyclic) bond motifs is 1. The summed E-state index contributed by atoms with van der Waals surface area (Å²) in [6, 6.07) is 8.19. The van der Waals surface area contributed by atoms with Gasteiger partial charge in [0.1, 0.15) is 17.0 Å². The molecule has 7 heteroatoms. The van der Waals surface area contributed by atoms with E-state index in [1.165, 1.54) is 0 Å². The zero-order valence-electron chi connectivity index (χ0n) is 14.7. The Hall–Kier alpha value is -2.51. The van der Waals surface area contributed by atoms with E-state index in [1.807, 2.05) is 24.3 Å². The molecule has 1 aliphatic heterocycles. The molecule has 2 fully saturated rings. The molecule has 0 amide bonds. The van der Waals surface area contributed by atoms with Gasteiger partial charge in [0.15, 0.2) is 5.82 Å². The second kappa shape index (κ2) is 6.03. The molecule has 3 heterocycles. The summed E-state index contributed by atoms with van der Waals surface area (Å²) in [5, 5.41) is 15.4. The van der Waals surface area contributed by atoms with Gasteiger partial charge in [-0.3, -0.25) is 5.10 Å². The van der Waals surface area contributed by atoms with Crippen molar-refractivity contribution in [2.75, 3.05) is 19.6 Å². The van der Waals surface area contributed by atoms with Crippen molar-refractivity contribution >= 4 is 10.9 Å². The Morgan fingerprint density at radius 1 is 1.19 bits per heavy atom. The molecular formula is C19H22N6O. The van der Waals surface area contributed by atoms with E-state index >= 15 is 0 Å². The van der Waals surface area contributed by atoms with Crippen LogP contribution in [0.1, 0.15) is 31.5 Å². The molecular weight excluding hydrogens is 328 g/mol. The van der Waals surface area contributed by atoms with Gasteiger partial charge in [-0.1, -0.05) is 0 Å². The molecule has 5 rings (SSSR count). The number of aromatic nitrogens is 4. The molecule has 3 aromatic rings. The van der Waals surface area contributed by atoms with E-state index in [2.05, 4.69) is 32.7 Å². The van der Waals surface area contributed by atoms with Gasteiger partial charge in [0.2, 0.25) is 0 Å². The van der Waals surface area contributed by atoms with Gasteiger partial charge in [-0.25, -0.2) is 9.97 Å². The van der Waals surface area contributed by atoms with Gasteiger partial charge in [-0.2, -0.15) is 5.10 Å². The van der Waals surface area contributed by atoms with Crippen LogP contribution in [0.4, 0.5) is 0 Å². The quantitative estimate of drug-likeness (QED) is 0.668. The second-order valence-electron chi connectivity index (χ2n) is 7.35. The molecule has 1 aromatic carbocycles. The van der Waals surface area contributed by atoms with Crippen molar-refractivity contribution in [1.82, 2.24) is 30.8 Å². The van der Waals surface area contributed by atoms with Crippen LogP contribution in [0.3, 0.4) is 0 Å². The maximum atomic E-state index is 6.10. The van der Waals surface area contributed by atoms with Crippen LogP contribution in [0.25, 0.3) is 22.4 Å². The number of H-pyrrole nitrogens is 1. The first-order valence-corrected chi connectivity index (χ1v) is 9.15. The number of hydrogen-bond donors (Lipinski definition) is 3. The summed E-state index contributed by atoms with van der Waals surface area (Å²) >= 11 is 0. The highest BCUT2D eigenvalue weighted by Crippen LogP contribution is 2.40. The first kappa shape index (κ1) is 15.7. The average Bonchev–Trinajstić information content (AvgIpc) is 3.25. The normalized spacial score (nSPS) is 21.7. The minimum absolute atomic E-state index is 0.00631. The highest BCUT2D eigenvalue weighted by molar-refractivity contribution is 5.92. The van der Waals surface area contributed by atoms with E-state index in [4.69, 9.17) is 9.72 Å². The molecule has 1 unspecified atom stereocenters. The summed E-state index contributed by atoms with van der Waals surface area (Å²) in [7, 11) is 0. The van der Waals surface area contributed by atoms with Gasteiger partial charge >= 0.3 is 0 Å². The van der Waals surface area contributed by atoms with Crippen molar-refractivity contribution in [3.63, 3.8) is 0 Å². The van der Waals surface area contributed by atoms with E-state index in [1.54, 1.807) is 6.20 Å². The molecule has 1 saturated heterocycles. The Labute approximate surface area is 151 Å². The number of nitrogens with one attached hydrogen (secondary N) is 3. The predicted octanol–water partition coefficient (Wildman–Crippen LogP) is 2.19. The summed E-state index contributed by atoms with van der Waals surface area (Å²) in [6.45, 7) is 4.94. The van der Waals surface area contributed by atoms with Crippen LogP contribution in [0, 0.1) is 0 Å². The molecule has 26 heavy (non-hydrogen) atoms. The van der Waals surface area contributed by atoms with E-state index in [9.17, 15) is 0 Å². The fraction of sp³-hybridized carbons (Fsp3) is 0.421. The topological polar surface area (TPSA) is 87.8 Å². The van der Waals surface area contributed by atoms with E-state index in [0.29, 0.717) is 5.82 Å². The van der Waals surface area contributed by atoms with Crippen LogP contribution >= 0.6 is 0 Å². The lowest BCUT2D eigenvalue weighted by molar-refractivity contribution is 0.200. The zero-order chi connectivity index (χ0) is 17.6. The first-order valence-electron chi connectivity index (χ1n) is 9.15. The van der Waals surface area contributed by atoms with Gasteiger partial charge in [0, 0.05) is 31.2 Å². The molecule has 0 bridgehead atoms. The smallest absolute Gasteiger partial charge is 0.180 e. The van der Waals surface area contributed by atoms with E-state index in [0.717, 1.165) is 60.5 Å². The predicted molar refractivity (Wildman–Crippen MR) is 99.0 cm³/mol. The standard InChI is InChI=1S/C19H22N6O/c1-19(5-6-19)26-12-2-3-14-13(10-12)17(25-24-14)18-22-7-4-15(23-18)16-11-20-8-9-21-16/h2-4,7,10,16,20-21H,5-6,8-9,11H2,1H3,(H,24,25). The molecule has 0 spiro atoms. The van der Waals surface area contributed by atoms with Crippen LogP contribution in [-0.2, 0) is 0 Å². The number of rotatable bonds is 4. The highest BCUT2D eigenvalue weighted by atomic mass is 16.5. The lowest BCUT2D eigenvalue weighted by Crippen LogP contribution is -2.43. The molecule has 3 N–H and O–H groups in total. The van der Waals surface area contributed by atoms with Crippen molar-refractivity contribution in [3.8, 4) is 17.3 Å². The minimum atomic E-state index is -0.00631. The van der Waals surface area contributed by atoms with Gasteiger partial charge in [0.25, 0.3) is 0 Å². The van der Waals surface area contributed by atoms with Gasteiger partial charge < -0.3 is 15.4 Å². The summed E-state index contributed by atoms with van der Waals surface area (Å²) in [5.74, 6) is 1.50. The molecule has 7 nitrogen and oxygen atoms in total. The van der Waals surface area contributed by atoms with Crippen LogP contribution in [-0.4, -0.2) is 45.4 Å². The third-order valence-electron chi connectivity index (χ3n) is 5.14. The third-order valence-corrected chi connectivity index (χ3v) is 5.14. The molecule has 1 atom stereocenters. The minimum Gasteiger partial charge on any atom is -0.488 e. The summed E-state index contributed by atoms with van der Waals surface area (Å²) < 4.78 is 6.10. The summed E-state index contributed by atoms with van der Waals surface area (Å²) in [6.07, 6.45) is 4.02. The van der Waals surface area contributed by atoms with Crippen LogP contribution in [0.15, 0.2) is 30.5 Å². The number of piperazine rings is 1. The zero-order valence-corrected chi connectivity index (χ0v) is 14.7. The summed E-state index contributed by atoms with van der Waals surface area (Å²) in [5.41, 5.74) is 2.70. The molecule has 2 aliphatic rings. The maximum absolute atomic E-state index is 6.10. The Morgan fingerprint density at radius 3 is 2.92 bits per heavy atom. The van der Waals surface area contributed by atoms with Crippen LogP contribution < -0.4 is 15.4 Å². The third kappa shape index (κ3) is 2.93. The Bertz CT molecular complexity index is 942.